The molecule has 0 radical (unpaired) electrons. The van der Waals surface area contributed by atoms with E-state index in [1.807, 2.05) is 24.3 Å². The average Bonchev–Trinajstić information content (AvgIpc) is 3.64. The van der Waals surface area contributed by atoms with Crippen LogP contribution in [0.15, 0.2) is 102 Å². The molecule has 1 fully saturated rings. The van der Waals surface area contributed by atoms with Crippen molar-refractivity contribution in [3.05, 3.63) is 114 Å². The molecule has 7 rings (SSSR count). The molecule has 4 aromatic carbocycles. The van der Waals surface area contributed by atoms with E-state index < -0.39 is 16.0 Å². The van der Waals surface area contributed by atoms with E-state index in [0.29, 0.717) is 29.7 Å². The molecule has 0 bridgehead atoms. The number of carbonyl (C=O) groups excluding carboxylic acids is 1. The predicted octanol–water partition coefficient (Wildman–Crippen LogP) is 7.09. The Bertz CT molecular complexity index is 2130. The minimum atomic E-state index is -3.98. The van der Waals surface area contributed by atoms with Crippen molar-refractivity contribution < 1.29 is 27.1 Å². The number of nitrogens with zero attached hydrogens (tertiary/aromatic N) is 3. The number of halogens is 1. The fraction of sp³-hybridized carbons (Fsp3) is 0.200. The zero-order chi connectivity index (χ0) is 31.1. The molecule has 0 amide bonds. The molecule has 45 heavy (non-hydrogen) atoms. The number of esters is 1. The second kappa shape index (κ2) is 11.6. The van der Waals surface area contributed by atoms with Gasteiger partial charge in [-0.3, -0.25) is 0 Å². The summed E-state index contributed by atoms with van der Waals surface area (Å²) in [5, 5.41) is 5.78. The maximum absolute atomic E-state index is 14.1. The third kappa shape index (κ3) is 5.09. The lowest BCUT2D eigenvalue weighted by molar-refractivity contribution is 0.0526. The first-order valence-electron chi connectivity index (χ1n) is 14.8. The van der Waals surface area contributed by atoms with Gasteiger partial charge in [0.05, 0.1) is 34.3 Å². The molecule has 0 unspecified atom stereocenters. The average molecular weight is 624 g/mol. The fourth-order valence-electron chi connectivity index (χ4n) is 6.20. The molecule has 0 atom stereocenters. The molecule has 1 aliphatic heterocycles. The summed E-state index contributed by atoms with van der Waals surface area (Å²) in [6.45, 7) is 3.24. The van der Waals surface area contributed by atoms with E-state index >= 15 is 0 Å². The molecule has 0 N–H and O–H groups in total. The van der Waals surface area contributed by atoms with Crippen molar-refractivity contribution in [1.82, 2.24) is 13.8 Å². The number of benzene rings is 4. The number of hydrogen-bond donors (Lipinski definition) is 0. The summed E-state index contributed by atoms with van der Waals surface area (Å²) in [7, 11) is -3.98. The van der Waals surface area contributed by atoms with Gasteiger partial charge in [-0.2, -0.15) is 17.6 Å². The van der Waals surface area contributed by atoms with Crippen LogP contribution in [0.1, 0.15) is 41.7 Å². The highest BCUT2D eigenvalue weighted by Gasteiger charge is 2.29. The molecule has 0 saturated carbocycles. The standard InChI is InChI=1S/C35H30FN3O5S/c1-2-44-35(40)25-10-8-23(9-11-25)33-30-21-31-26(22-37-39(31)45(41,42)29-6-4-3-5-7-29)20-32(30)38(28-14-12-27(36)13-15-28)34(33)24-16-18-43-19-17-24/h3-15,20-22,24H,2,16-19H2,1H3. The van der Waals surface area contributed by atoms with Gasteiger partial charge in [0, 0.05) is 46.8 Å². The van der Waals surface area contributed by atoms with E-state index in [-0.39, 0.29) is 23.2 Å². The molecular weight excluding hydrogens is 593 g/mol. The Morgan fingerprint density at radius 2 is 1.67 bits per heavy atom. The van der Waals surface area contributed by atoms with E-state index in [9.17, 15) is 17.6 Å². The number of fused-ring (bicyclic) bond motifs is 2. The second-order valence-electron chi connectivity index (χ2n) is 11.0. The second-order valence-corrected chi connectivity index (χ2v) is 12.8. The normalized spacial score (nSPS) is 14.3. The first-order valence-corrected chi connectivity index (χ1v) is 16.3. The van der Waals surface area contributed by atoms with Crippen molar-refractivity contribution in [2.75, 3.05) is 19.8 Å². The molecular formula is C35H30FN3O5S. The maximum Gasteiger partial charge on any atom is 0.338 e. The number of rotatable bonds is 7. The van der Waals surface area contributed by atoms with Gasteiger partial charge >= 0.3 is 5.97 Å². The van der Waals surface area contributed by atoms with Crippen molar-refractivity contribution in [3.63, 3.8) is 0 Å². The fourth-order valence-corrected chi connectivity index (χ4v) is 7.49. The largest absolute Gasteiger partial charge is 0.462 e. The Kier molecular flexibility index (Phi) is 7.47. The van der Waals surface area contributed by atoms with Crippen LogP contribution in [0, 0.1) is 5.82 Å². The summed E-state index contributed by atoms with van der Waals surface area (Å²) in [5.74, 6) is -0.643. The molecule has 0 aliphatic carbocycles. The van der Waals surface area contributed by atoms with Crippen LogP contribution in [-0.2, 0) is 19.5 Å². The summed E-state index contributed by atoms with van der Waals surface area (Å²) < 4.78 is 55.7. The Hall–Kier alpha value is -4.80. The Labute approximate surface area is 259 Å². The summed E-state index contributed by atoms with van der Waals surface area (Å²) >= 11 is 0. The summed E-state index contributed by atoms with van der Waals surface area (Å²) in [6.07, 6.45) is 3.11. The van der Waals surface area contributed by atoms with Crippen molar-refractivity contribution in [3.8, 4) is 16.8 Å². The van der Waals surface area contributed by atoms with Crippen LogP contribution in [0.5, 0.6) is 0 Å². The number of aromatic nitrogens is 3. The molecule has 3 heterocycles. The van der Waals surface area contributed by atoms with E-state index in [2.05, 4.69) is 9.67 Å². The molecule has 1 aliphatic rings. The third-order valence-electron chi connectivity index (χ3n) is 8.31. The molecule has 228 valence electrons. The lowest BCUT2D eigenvalue weighted by atomic mass is 9.89. The molecule has 0 spiro atoms. The van der Waals surface area contributed by atoms with Gasteiger partial charge in [0.25, 0.3) is 10.0 Å². The van der Waals surface area contributed by atoms with Gasteiger partial charge < -0.3 is 14.0 Å². The predicted molar refractivity (Wildman–Crippen MR) is 170 cm³/mol. The zero-order valence-electron chi connectivity index (χ0n) is 24.5. The van der Waals surface area contributed by atoms with Gasteiger partial charge in [0.15, 0.2) is 0 Å². The van der Waals surface area contributed by atoms with Crippen LogP contribution in [0.25, 0.3) is 38.6 Å². The quantitative estimate of drug-likeness (QED) is 0.176. The van der Waals surface area contributed by atoms with Crippen LogP contribution in [-0.4, -0.2) is 48.0 Å². The Morgan fingerprint density at radius 1 is 0.956 bits per heavy atom. The maximum atomic E-state index is 14.1. The SMILES string of the molecule is CCOC(=O)c1ccc(-c2c(C3CCOCC3)n(-c3ccc(F)cc3)c3cc4cnn(S(=O)(=O)c5ccccc5)c4cc23)cc1. The van der Waals surface area contributed by atoms with Gasteiger partial charge in [-0.05, 0) is 86.0 Å². The summed E-state index contributed by atoms with van der Waals surface area (Å²) in [5.41, 5.74) is 5.25. The first-order chi connectivity index (χ1) is 21.9. The van der Waals surface area contributed by atoms with E-state index in [1.54, 1.807) is 67.7 Å². The van der Waals surface area contributed by atoms with Gasteiger partial charge in [-0.1, -0.05) is 30.3 Å². The molecule has 6 aromatic rings. The molecule has 1 saturated heterocycles. The minimum absolute atomic E-state index is 0.101. The molecule has 8 nitrogen and oxygen atoms in total. The topological polar surface area (TPSA) is 92.4 Å². The monoisotopic (exact) mass is 623 g/mol. The van der Waals surface area contributed by atoms with E-state index in [1.165, 1.54) is 12.1 Å². The minimum Gasteiger partial charge on any atom is -0.462 e. The molecule has 2 aromatic heterocycles. The smallest absolute Gasteiger partial charge is 0.338 e. The number of ether oxygens (including phenoxy) is 2. The number of hydrogen-bond acceptors (Lipinski definition) is 6. The van der Waals surface area contributed by atoms with Crippen LogP contribution in [0.3, 0.4) is 0 Å². The lowest BCUT2D eigenvalue weighted by Crippen LogP contribution is -2.17. The first kappa shape index (κ1) is 28.9. The van der Waals surface area contributed by atoms with Gasteiger partial charge in [-0.25, -0.2) is 9.18 Å². The van der Waals surface area contributed by atoms with Crippen LogP contribution < -0.4 is 0 Å². The van der Waals surface area contributed by atoms with Crippen LogP contribution in [0.4, 0.5) is 4.39 Å². The molecule has 10 heteroatoms. The summed E-state index contributed by atoms with van der Waals surface area (Å²) in [4.78, 5) is 12.6. The van der Waals surface area contributed by atoms with Crippen molar-refractivity contribution >= 4 is 37.8 Å². The number of carbonyl (C=O) groups is 1. The van der Waals surface area contributed by atoms with Crippen molar-refractivity contribution in [2.45, 2.75) is 30.6 Å². The van der Waals surface area contributed by atoms with Crippen LogP contribution in [0.2, 0.25) is 0 Å². The Balaban J connectivity index is 1.54. The van der Waals surface area contributed by atoms with Crippen molar-refractivity contribution in [1.29, 1.82) is 0 Å². The van der Waals surface area contributed by atoms with Crippen LogP contribution >= 0.6 is 0 Å². The van der Waals surface area contributed by atoms with Crippen molar-refractivity contribution in [2.24, 2.45) is 0 Å². The van der Waals surface area contributed by atoms with E-state index in [4.69, 9.17) is 9.47 Å². The third-order valence-corrected chi connectivity index (χ3v) is 9.92. The van der Waals surface area contributed by atoms with Gasteiger partial charge in [0.1, 0.15) is 5.82 Å². The van der Waals surface area contributed by atoms with Gasteiger partial charge in [-0.15, -0.1) is 0 Å². The Morgan fingerprint density at radius 3 is 2.36 bits per heavy atom. The summed E-state index contributed by atoms with van der Waals surface area (Å²) in [6, 6.07) is 25.7. The van der Waals surface area contributed by atoms with Gasteiger partial charge in [0.2, 0.25) is 0 Å². The highest BCUT2D eigenvalue weighted by Crippen LogP contribution is 2.45. The lowest BCUT2D eigenvalue weighted by Gasteiger charge is -2.26. The van der Waals surface area contributed by atoms with E-state index in [0.717, 1.165) is 50.3 Å². The highest BCUT2D eigenvalue weighted by atomic mass is 32.2. The zero-order valence-corrected chi connectivity index (χ0v) is 25.3. The highest BCUT2D eigenvalue weighted by molar-refractivity contribution is 7.90.